The lowest BCUT2D eigenvalue weighted by Crippen LogP contribution is -2.41. The molecule has 0 saturated heterocycles. The van der Waals surface area contributed by atoms with Crippen LogP contribution < -0.4 is 0 Å². The minimum absolute atomic E-state index is 0.363. The van der Waals surface area contributed by atoms with E-state index in [0.29, 0.717) is 12.3 Å². The molecule has 1 aromatic heterocycles. The number of nitrogens with zero attached hydrogens (tertiary/aromatic N) is 2. The summed E-state index contributed by atoms with van der Waals surface area (Å²) in [6.45, 7) is 2.17. The number of hydrogen-bond donors (Lipinski definition) is 1. The molecule has 1 N–H and O–H groups in total. The second kappa shape index (κ2) is 4.64. The van der Waals surface area contributed by atoms with Crippen molar-refractivity contribution in [3.63, 3.8) is 0 Å². The van der Waals surface area contributed by atoms with E-state index in [4.69, 9.17) is 0 Å². The predicted molar refractivity (Wildman–Crippen MR) is 77.0 cm³/mol. The van der Waals surface area contributed by atoms with Gasteiger partial charge in [-0.05, 0) is 24.8 Å². The maximum atomic E-state index is 10.9. The Morgan fingerprint density at radius 1 is 1.37 bits per heavy atom. The number of hydrogen-bond acceptors (Lipinski definition) is 2. The van der Waals surface area contributed by atoms with Crippen LogP contribution >= 0.6 is 0 Å². The quantitative estimate of drug-likeness (QED) is 0.899. The zero-order valence-electron chi connectivity index (χ0n) is 11.8. The zero-order valence-corrected chi connectivity index (χ0v) is 11.8. The molecule has 0 aliphatic heterocycles. The van der Waals surface area contributed by atoms with E-state index in [1.54, 1.807) is 0 Å². The Morgan fingerprint density at radius 3 is 2.95 bits per heavy atom. The van der Waals surface area contributed by atoms with Crippen molar-refractivity contribution in [1.29, 1.82) is 0 Å². The number of benzene rings is 1. The van der Waals surface area contributed by atoms with Crippen LogP contribution in [0.3, 0.4) is 0 Å². The van der Waals surface area contributed by atoms with Gasteiger partial charge in [0.05, 0.1) is 16.8 Å². The lowest BCUT2D eigenvalue weighted by atomic mass is 9.74. The summed E-state index contributed by atoms with van der Waals surface area (Å²) >= 11 is 0. The average molecular weight is 258 g/mol. The van der Waals surface area contributed by atoms with Gasteiger partial charge >= 0.3 is 0 Å². The first-order chi connectivity index (χ1) is 9.10. The Bertz CT molecular complexity index is 589. The summed E-state index contributed by atoms with van der Waals surface area (Å²) in [5.41, 5.74) is 1.61. The highest BCUT2D eigenvalue weighted by Gasteiger charge is 2.37. The molecule has 0 radical (unpaired) electrons. The van der Waals surface area contributed by atoms with E-state index < -0.39 is 5.60 Å². The molecule has 1 aromatic carbocycles. The molecule has 3 heteroatoms. The first kappa shape index (κ1) is 12.7. The van der Waals surface area contributed by atoms with E-state index in [9.17, 15) is 5.11 Å². The Hall–Kier alpha value is -1.35. The normalized spacial score (nSPS) is 27.8. The van der Waals surface area contributed by atoms with E-state index >= 15 is 0 Å². The number of aryl methyl sites for hydroxylation is 1. The molecule has 19 heavy (non-hydrogen) atoms. The largest absolute Gasteiger partial charge is 0.389 e. The third-order valence-corrected chi connectivity index (χ3v) is 4.72. The molecule has 1 aliphatic carbocycles. The van der Waals surface area contributed by atoms with Gasteiger partial charge in [0.2, 0.25) is 0 Å². The SMILES string of the molecule is CC1CCCCC1(O)Cc1nn(C)c2ccccc12. The molecule has 2 atom stereocenters. The molecule has 3 nitrogen and oxygen atoms in total. The number of fused-ring (bicyclic) bond motifs is 1. The van der Waals surface area contributed by atoms with Crippen LogP contribution in [0, 0.1) is 5.92 Å². The monoisotopic (exact) mass is 258 g/mol. The van der Waals surface area contributed by atoms with Crippen LogP contribution in [0.5, 0.6) is 0 Å². The van der Waals surface area contributed by atoms with E-state index in [2.05, 4.69) is 24.2 Å². The van der Waals surface area contributed by atoms with Gasteiger partial charge in [0.15, 0.2) is 0 Å². The summed E-state index contributed by atoms with van der Waals surface area (Å²) in [6, 6.07) is 8.27. The molecule has 1 aliphatic rings. The summed E-state index contributed by atoms with van der Waals surface area (Å²) in [5.74, 6) is 0.363. The molecule has 0 bridgehead atoms. The van der Waals surface area contributed by atoms with Crippen molar-refractivity contribution in [2.75, 3.05) is 0 Å². The predicted octanol–water partition coefficient (Wildman–Crippen LogP) is 3.06. The molecule has 2 aromatic rings. The van der Waals surface area contributed by atoms with Crippen molar-refractivity contribution in [3.05, 3.63) is 30.0 Å². The summed E-state index contributed by atoms with van der Waals surface area (Å²) in [6.07, 6.45) is 5.08. The molecular formula is C16H22N2O. The summed E-state index contributed by atoms with van der Waals surface area (Å²) in [5, 5.41) is 16.7. The first-order valence-electron chi connectivity index (χ1n) is 7.23. The Labute approximate surface area is 114 Å². The van der Waals surface area contributed by atoms with Crippen molar-refractivity contribution in [1.82, 2.24) is 9.78 Å². The maximum absolute atomic E-state index is 10.9. The summed E-state index contributed by atoms with van der Waals surface area (Å²) < 4.78 is 1.92. The fraction of sp³-hybridized carbons (Fsp3) is 0.562. The van der Waals surface area contributed by atoms with Crippen molar-refractivity contribution in [3.8, 4) is 0 Å². The van der Waals surface area contributed by atoms with Gasteiger partial charge in [-0.25, -0.2) is 0 Å². The third kappa shape index (κ3) is 2.16. The highest BCUT2D eigenvalue weighted by atomic mass is 16.3. The van der Waals surface area contributed by atoms with Gasteiger partial charge in [-0.3, -0.25) is 4.68 Å². The summed E-state index contributed by atoms with van der Waals surface area (Å²) in [7, 11) is 1.97. The van der Waals surface area contributed by atoms with Crippen molar-refractivity contribution in [2.24, 2.45) is 13.0 Å². The fourth-order valence-corrected chi connectivity index (χ4v) is 3.37. The van der Waals surface area contributed by atoms with Crippen LogP contribution in [0.25, 0.3) is 10.9 Å². The minimum atomic E-state index is -0.574. The number of rotatable bonds is 2. The molecule has 3 rings (SSSR count). The molecule has 102 valence electrons. The topological polar surface area (TPSA) is 38.1 Å². The van der Waals surface area contributed by atoms with Crippen molar-refractivity contribution >= 4 is 10.9 Å². The fourth-order valence-electron chi connectivity index (χ4n) is 3.37. The molecular weight excluding hydrogens is 236 g/mol. The van der Waals surface area contributed by atoms with E-state index in [0.717, 1.165) is 30.5 Å². The first-order valence-corrected chi connectivity index (χ1v) is 7.23. The van der Waals surface area contributed by atoms with E-state index in [-0.39, 0.29) is 0 Å². The van der Waals surface area contributed by atoms with Gasteiger partial charge in [-0.1, -0.05) is 38.0 Å². The van der Waals surface area contributed by atoms with Gasteiger partial charge in [-0.2, -0.15) is 5.10 Å². The zero-order chi connectivity index (χ0) is 13.5. The van der Waals surface area contributed by atoms with Crippen molar-refractivity contribution < 1.29 is 5.11 Å². The highest BCUT2D eigenvalue weighted by Crippen LogP contribution is 2.37. The van der Waals surface area contributed by atoms with Gasteiger partial charge in [0.25, 0.3) is 0 Å². The molecule has 1 fully saturated rings. The molecule has 1 heterocycles. The van der Waals surface area contributed by atoms with Gasteiger partial charge in [0, 0.05) is 18.9 Å². The Morgan fingerprint density at radius 2 is 2.16 bits per heavy atom. The third-order valence-electron chi connectivity index (χ3n) is 4.72. The smallest absolute Gasteiger partial charge is 0.0731 e. The standard InChI is InChI=1S/C16H22N2O/c1-12-7-5-6-10-16(12,19)11-14-13-8-3-4-9-15(13)18(2)17-14/h3-4,8-9,12,19H,5-7,10-11H2,1-2H3. The second-order valence-corrected chi connectivity index (χ2v) is 6.01. The lowest BCUT2D eigenvalue weighted by molar-refractivity contribution is -0.0410. The Balaban J connectivity index is 1.97. The molecule has 2 unspecified atom stereocenters. The van der Waals surface area contributed by atoms with Gasteiger partial charge in [-0.15, -0.1) is 0 Å². The number of para-hydroxylation sites is 1. The van der Waals surface area contributed by atoms with Crippen LogP contribution in [-0.4, -0.2) is 20.5 Å². The van der Waals surface area contributed by atoms with Gasteiger partial charge < -0.3 is 5.11 Å². The highest BCUT2D eigenvalue weighted by molar-refractivity contribution is 5.81. The van der Waals surface area contributed by atoms with Gasteiger partial charge in [0.1, 0.15) is 0 Å². The molecule has 0 amide bonds. The van der Waals surface area contributed by atoms with Crippen LogP contribution in [-0.2, 0) is 13.5 Å². The number of aromatic nitrogens is 2. The van der Waals surface area contributed by atoms with Crippen molar-refractivity contribution in [2.45, 2.75) is 44.6 Å². The Kier molecular flexibility index (Phi) is 3.09. The van der Waals surface area contributed by atoms with Crippen LogP contribution in [0.1, 0.15) is 38.3 Å². The number of aliphatic hydroxyl groups is 1. The minimum Gasteiger partial charge on any atom is -0.389 e. The lowest BCUT2D eigenvalue weighted by Gasteiger charge is -2.37. The second-order valence-electron chi connectivity index (χ2n) is 6.01. The molecule has 0 spiro atoms. The average Bonchev–Trinajstić information content (AvgIpc) is 2.71. The van der Waals surface area contributed by atoms with Crippen LogP contribution in [0.15, 0.2) is 24.3 Å². The van der Waals surface area contributed by atoms with E-state index in [1.165, 1.54) is 11.8 Å². The maximum Gasteiger partial charge on any atom is 0.0731 e. The van der Waals surface area contributed by atoms with Crippen LogP contribution in [0.4, 0.5) is 0 Å². The van der Waals surface area contributed by atoms with E-state index in [1.807, 2.05) is 23.9 Å². The summed E-state index contributed by atoms with van der Waals surface area (Å²) in [4.78, 5) is 0. The van der Waals surface area contributed by atoms with Crippen LogP contribution in [0.2, 0.25) is 0 Å². The molecule has 1 saturated carbocycles.